The Morgan fingerprint density at radius 3 is 1.57 bits per heavy atom. The molecule has 10 aromatic carbocycles. The van der Waals surface area contributed by atoms with Gasteiger partial charge < -0.3 is 14.5 Å². The van der Waals surface area contributed by atoms with Gasteiger partial charge in [0.2, 0.25) is 0 Å². The fourth-order valence-electron chi connectivity index (χ4n) is 13.4. The molecular weight excluding hydrogens is 1020 g/mol. The highest BCUT2D eigenvalue weighted by Gasteiger charge is 2.47. The van der Waals surface area contributed by atoms with Crippen molar-refractivity contribution in [2.24, 2.45) is 0 Å². The molecule has 0 spiro atoms. The van der Waals surface area contributed by atoms with Gasteiger partial charge in [0, 0.05) is 51.5 Å². The second-order valence-electron chi connectivity index (χ2n) is 26.0. The molecule has 0 unspecified atom stereocenters. The normalized spacial score (nSPS) is 13.8. The van der Waals surface area contributed by atoms with Crippen molar-refractivity contribution in [3.05, 3.63) is 288 Å². The highest BCUT2D eigenvalue weighted by Crippen LogP contribution is 2.59. The zero-order valence-electron chi connectivity index (χ0n) is 49.6. The number of anilines is 4. The summed E-state index contributed by atoms with van der Waals surface area (Å²) in [5.74, 6) is 2.44. The summed E-state index contributed by atoms with van der Waals surface area (Å²) in [6.45, 7) is 21.2. The van der Waals surface area contributed by atoms with Crippen molar-refractivity contribution in [2.75, 3.05) is 16.5 Å². The van der Waals surface area contributed by atoms with Crippen LogP contribution in [-0.2, 0) is 21.7 Å². The van der Waals surface area contributed by atoms with Crippen LogP contribution in [0, 0.1) is 0 Å². The molecule has 1 aliphatic heterocycles. The van der Waals surface area contributed by atoms with Crippen molar-refractivity contribution >= 4 is 44.6 Å². The van der Waals surface area contributed by atoms with E-state index in [0.717, 1.165) is 61.9 Å². The van der Waals surface area contributed by atoms with E-state index < -0.39 is 5.41 Å². The number of hydrogen-bond donors (Lipinski definition) is 0. The number of hydrogen-bond acceptors (Lipinski definition) is 4. The molecule has 2 aliphatic rings. The quantitative estimate of drug-likeness (QED) is 0.144. The molecule has 3 heterocycles. The predicted octanol–water partition coefficient (Wildman–Crippen LogP) is 20.8. The molecule has 0 fully saturated rings. The van der Waals surface area contributed by atoms with Crippen LogP contribution in [0.2, 0.25) is 0 Å². The van der Waals surface area contributed by atoms with Gasteiger partial charge in [0.25, 0.3) is 0 Å². The molecule has 412 valence electrons. The minimum Gasteiger partial charge on any atom is -0.457 e. The van der Waals surface area contributed by atoms with Crippen molar-refractivity contribution in [3.63, 3.8) is 0 Å². The number of pyridine rings is 1. The van der Waals surface area contributed by atoms with Gasteiger partial charge in [0.15, 0.2) is 0 Å². The highest BCUT2D eigenvalue weighted by atomic mass is 16.5. The zero-order chi connectivity index (χ0) is 57.7. The maximum Gasteiger partial charge on any atom is 0.137 e. The number of fused-ring (bicyclic) bond motifs is 7. The minimum atomic E-state index is -0.710. The molecule has 1 aliphatic carbocycles. The summed E-state index contributed by atoms with van der Waals surface area (Å²) in [6.07, 6.45) is 1.95. The molecule has 0 radical (unpaired) electrons. The lowest BCUT2D eigenvalue weighted by atomic mass is 9.67. The third-order valence-corrected chi connectivity index (χ3v) is 17.6. The maximum absolute atomic E-state index is 7.79. The van der Waals surface area contributed by atoms with Gasteiger partial charge in [-0.15, -0.1) is 0 Å². The molecule has 5 nitrogen and oxygen atoms in total. The molecule has 0 bridgehead atoms. The van der Waals surface area contributed by atoms with Crippen LogP contribution in [0.15, 0.2) is 249 Å². The Bertz CT molecular complexity index is 4390. The molecule has 0 saturated carbocycles. The fourth-order valence-corrected chi connectivity index (χ4v) is 13.4. The molecule has 0 N–H and O–H groups in total. The van der Waals surface area contributed by atoms with E-state index in [1.807, 2.05) is 6.20 Å². The van der Waals surface area contributed by atoms with E-state index in [9.17, 15) is 0 Å². The van der Waals surface area contributed by atoms with Gasteiger partial charge in [0.1, 0.15) is 24.0 Å². The van der Waals surface area contributed by atoms with Crippen LogP contribution in [0.25, 0.3) is 61.0 Å². The zero-order valence-corrected chi connectivity index (χ0v) is 49.6. The van der Waals surface area contributed by atoms with Crippen molar-refractivity contribution in [3.8, 4) is 50.7 Å². The van der Waals surface area contributed by atoms with Gasteiger partial charge >= 0.3 is 0 Å². The Hall–Kier alpha value is -9.45. The van der Waals surface area contributed by atoms with Crippen molar-refractivity contribution in [2.45, 2.75) is 84.0 Å². The van der Waals surface area contributed by atoms with E-state index in [0.29, 0.717) is 6.67 Å². The molecule has 0 saturated heterocycles. The van der Waals surface area contributed by atoms with Gasteiger partial charge in [-0.05, 0) is 133 Å². The highest BCUT2D eigenvalue weighted by molar-refractivity contribution is 6.10. The lowest BCUT2D eigenvalue weighted by Crippen LogP contribution is -2.29. The van der Waals surface area contributed by atoms with Crippen LogP contribution >= 0.6 is 0 Å². The van der Waals surface area contributed by atoms with Crippen molar-refractivity contribution in [1.82, 2.24) is 9.55 Å². The lowest BCUT2D eigenvalue weighted by Gasteiger charge is -2.35. The fraction of sp³-hybridized carbons (Fsp3) is 0.177. The lowest BCUT2D eigenvalue weighted by molar-refractivity contribution is 0.455. The van der Waals surface area contributed by atoms with Gasteiger partial charge in [-0.2, -0.15) is 0 Å². The average Bonchev–Trinajstić information content (AvgIpc) is 2.13. The smallest absolute Gasteiger partial charge is 0.137 e. The first-order valence-corrected chi connectivity index (χ1v) is 29.6. The maximum atomic E-state index is 7.79. The molecule has 2 aromatic heterocycles. The second kappa shape index (κ2) is 19.9. The SMILES string of the molecule is CC(C)(C)c1ccnc(-n2c3ccccc3c3cc(C(C)(C)C)c(Oc4cc(N5CN(c6c(-c7ccccc7)cc(C(C)(C)C)cc6-c6ccccc6)c6ccccc65)cc(C5(c6ccccc6)c6ccccc6-c6ccccc65)c4)cc32)c1. The average molecular weight is 1090 g/mol. The van der Waals surface area contributed by atoms with E-state index in [2.05, 4.69) is 319 Å². The third kappa shape index (κ3) is 8.71. The molecule has 0 amide bonds. The van der Waals surface area contributed by atoms with Crippen molar-refractivity contribution in [1.29, 1.82) is 0 Å². The number of rotatable bonds is 9. The summed E-state index contributed by atoms with van der Waals surface area (Å²) >= 11 is 0. The minimum absolute atomic E-state index is 0.0670. The summed E-state index contributed by atoms with van der Waals surface area (Å²) in [5, 5.41) is 2.34. The molecule has 14 rings (SSSR count). The first-order valence-electron chi connectivity index (χ1n) is 29.6. The summed E-state index contributed by atoms with van der Waals surface area (Å²) in [4.78, 5) is 10.2. The Morgan fingerprint density at radius 2 is 0.964 bits per heavy atom. The number of benzene rings is 10. The van der Waals surface area contributed by atoms with Gasteiger partial charge in [-0.1, -0.05) is 232 Å². The Morgan fingerprint density at radius 1 is 0.417 bits per heavy atom. The second-order valence-corrected chi connectivity index (χ2v) is 26.0. The number of aromatic nitrogens is 2. The molecule has 5 heteroatoms. The van der Waals surface area contributed by atoms with Crippen LogP contribution in [0.4, 0.5) is 22.7 Å². The van der Waals surface area contributed by atoms with Gasteiger partial charge in [-0.3, -0.25) is 4.57 Å². The first-order chi connectivity index (χ1) is 40.6. The monoisotopic (exact) mass is 1090 g/mol. The van der Waals surface area contributed by atoms with Gasteiger partial charge in [0.05, 0.1) is 33.5 Å². The third-order valence-electron chi connectivity index (χ3n) is 17.6. The number of ether oxygens (including phenoxy) is 1. The number of para-hydroxylation sites is 3. The summed E-state index contributed by atoms with van der Waals surface area (Å²) in [5.41, 5.74) is 21.1. The summed E-state index contributed by atoms with van der Waals surface area (Å²) < 4.78 is 10.1. The summed E-state index contributed by atoms with van der Waals surface area (Å²) in [7, 11) is 0. The molecule has 12 aromatic rings. The van der Waals surface area contributed by atoms with Crippen LogP contribution in [0.5, 0.6) is 11.5 Å². The molecule has 84 heavy (non-hydrogen) atoms. The van der Waals surface area contributed by atoms with Crippen LogP contribution in [0.3, 0.4) is 0 Å². The predicted molar refractivity (Wildman–Crippen MR) is 351 cm³/mol. The number of nitrogens with zero attached hydrogens (tertiary/aromatic N) is 4. The van der Waals surface area contributed by atoms with E-state index in [1.54, 1.807) is 0 Å². The van der Waals surface area contributed by atoms with E-state index >= 15 is 0 Å². The molecule has 0 atom stereocenters. The van der Waals surface area contributed by atoms with Crippen LogP contribution in [0.1, 0.15) is 101 Å². The topological polar surface area (TPSA) is 33.5 Å². The standard InChI is InChI=1S/C79H70N4O/c1-76(2,3)55-41-42-80-74(47-55)83-69-38-24-21-35-62(69)65-49-68(78(7,8)9)73(50-72(65)83)84-59-44-57(79(54-31-17-12-18-32-54)66-36-22-19-33-60(66)61-34-20-23-37-67(61)79)43-58(48-59)81-51-82(71-40-26-25-39-70(71)81)75-63(52-27-13-10-14-28-52)45-56(77(4,5)6)46-64(75)53-29-15-11-16-30-53/h10-50H,51H2,1-9H3. The van der Waals surface area contributed by atoms with Crippen molar-refractivity contribution < 1.29 is 4.74 Å². The Kier molecular flexibility index (Phi) is 12.5. The Balaban J connectivity index is 1.03. The van der Waals surface area contributed by atoms with E-state index in [1.165, 1.54) is 72.3 Å². The van der Waals surface area contributed by atoms with E-state index in [4.69, 9.17) is 9.72 Å². The molecular formula is C79H70N4O. The Labute approximate surface area is 495 Å². The summed E-state index contributed by atoms with van der Waals surface area (Å²) in [6, 6.07) is 89.8. The first kappa shape index (κ1) is 52.6. The van der Waals surface area contributed by atoms with Gasteiger partial charge in [-0.25, -0.2) is 4.98 Å². The largest absolute Gasteiger partial charge is 0.457 e. The van der Waals surface area contributed by atoms with Crippen LogP contribution in [-0.4, -0.2) is 16.2 Å². The van der Waals surface area contributed by atoms with E-state index in [-0.39, 0.29) is 16.2 Å². The van der Waals surface area contributed by atoms with Crippen LogP contribution < -0.4 is 14.5 Å².